The number of Topliss-reactive ketones (excluding diaryl/α,β-unsaturated/α-hetero) is 1. The van der Waals surface area contributed by atoms with E-state index < -0.39 is 5.92 Å². The second-order valence-corrected chi connectivity index (χ2v) is 9.50. The minimum absolute atomic E-state index is 0.0189. The van der Waals surface area contributed by atoms with E-state index in [0.717, 1.165) is 16.8 Å². The number of nitrogens with zero attached hydrogens (tertiary/aromatic N) is 1. The van der Waals surface area contributed by atoms with Gasteiger partial charge in [-0.25, -0.2) is 0 Å². The number of ether oxygens (including phenoxy) is 1. The molecule has 5 nitrogen and oxygen atoms in total. The van der Waals surface area contributed by atoms with Gasteiger partial charge in [0.05, 0.1) is 7.11 Å². The number of aryl methyl sites for hydroxylation is 1. The fraction of sp³-hybridized carbons (Fsp3) is 0.200. The Hall–Kier alpha value is -3.83. The van der Waals surface area contributed by atoms with E-state index >= 15 is 0 Å². The molecular weight excluding hydrogens is 472 g/mol. The van der Waals surface area contributed by atoms with Crippen LogP contribution in [0.25, 0.3) is 5.76 Å². The molecule has 3 aromatic carbocycles. The monoisotopic (exact) mass is 498 g/mol. The van der Waals surface area contributed by atoms with Crippen LogP contribution in [0, 0.1) is 12.3 Å². The predicted molar refractivity (Wildman–Crippen MR) is 144 cm³/mol. The van der Waals surface area contributed by atoms with Gasteiger partial charge < -0.3 is 9.84 Å². The van der Waals surface area contributed by atoms with Gasteiger partial charge in [0, 0.05) is 45.5 Å². The van der Waals surface area contributed by atoms with Crippen molar-refractivity contribution in [3.8, 4) is 5.75 Å². The standard InChI is InChI=1S/C30H27ClN2O3/c1-18-11-14-21(17-23(18)31)33-24-9-6-10-25(34)27(24)26(19-12-15-22(36-2)16-13-19)28(30(33)32)29(35)20-7-4-3-5-8-20/h3-5,7-8,11-17,26,32,35H,6,9-10H2,1-2H3. The number of rotatable bonds is 4. The van der Waals surface area contributed by atoms with E-state index in [2.05, 4.69) is 0 Å². The molecule has 0 spiro atoms. The van der Waals surface area contributed by atoms with Crippen LogP contribution in [0.1, 0.15) is 41.9 Å². The molecule has 2 aliphatic rings. The fourth-order valence-corrected chi connectivity index (χ4v) is 5.25. The van der Waals surface area contributed by atoms with Gasteiger partial charge in [-0.05, 0) is 55.2 Å². The lowest BCUT2D eigenvalue weighted by molar-refractivity contribution is -0.116. The van der Waals surface area contributed by atoms with Crippen LogP contribution in [0.15, 0.2) is 89.6 Å². The van der Waals surface area contributed by atoms with E-state index in [-0.39, 0.29) is 17.4 Å². The first-order valence-electron chi connectivity index (χ1n) is 11.9. The molecule has 0 bridgehead atoms. The van der Waals surface area contributed by atoms with Crippen LogP contribution in [0.2, 0.25) is 5.02 Å². The van der Waals surface area contributed by atoms with Gasteiger partial charge in [-0.1, -0.05) is 60.1 Å². The highest BCUT2D eigenvalue weighted by atomic mass is 35.5. The number of aliphatic hydroxyl groups is 1. The maximum atomic E-state index is 13.5. The summed E-state index contributed by atoms with van der Waals surface area (Å²) in [5, 5.41) is 21.6. The second kappa shape index (κ2) is 9.67. The number of carbonyl (C=O) groups is 1. The third kappa shape index (κ3) is 4.10. The van der Waals surface area contributed by atoms with Crippen LogP contribution in [0.3, 0.4) is 0 Å². The van der Waals surface area contributed by atoms with Gasteiger partial charge in [0.2, 0.25) is 0 Å². The summed E-state index contributed by atoms with van der Waals surface area (Å²) in [6.07, 6.45) is 1.79. The molecule has 0 aromatic heterocycles. The lowest BCUT2D eigenvalue weighted by Crippen LogP contribution is -2.42. The number of amidine groups is 1. The molecule has 5 rings (SSSR count). The van der Waals surface area contributed by atoms with E-state index in [0.29, 0.717) is 52.4 Å². The Balaban J connectivity index is 1.81. The van der Waals surface area contributed by atoms with Crippen molar-refractivity contribution in [2.24, 2.45) is 0 Å². The number of halogens is 1. The van der Waals surface area contributed by atoms with Crippen LogP contribution >= 0.6 is 11.6 Å². The van der Waals surface area contributed by atoms with E-state index in [4.69, 9.17) is 16.3 Å². The van der Waals surface area contributed by atoms with Crippen molar-refractivity contribution in [1.82, 2.24) is 0 Å². The SMILES string of the molecule is COc1ccc(C2C(=C(O)c3ccccc3)C(=N)N(c3ccc(C)c(Cl)c3)C3=C2C(=O)CCC3)cc1. The molecule has 1 unspecified atom stereocenters. The van der Waals surface area contributed by atoms with Gasteiger partial charge in [0.25, 0.3) is 0 Å². The van der Waals surface area contributed by atoms with Gasteiger partial charge in [0.1, 0.15) is 17.3 Å². The zero-order valence-corrected chi connectivity index (χ0v) is 21.0. The summed E-state index contributed by atoms with van der Waals surface area (Å²) in [6, 6.07) is 22.3. The zero-order chi connectivity index (χ0) is 25.4. The number of anilines is 1. The number of ketones is 1. The quantitative estimate of drug-likeness (QED) is 0.372. The van der Waals surface area contributed by atoms with Crippen LogP contribution in [0.4, 0.5) is 5.69 Å². The molecule has 1 aliphatic carbocycles. The Bertz CT molecular complexity index is 1410. The third-order valence-corrected chi connectivity index (χ3v) is 7.33. The highest BCUT2D eigenvalue weighted by molar-refractivity contribution is 6.32. The zero-order valence-electron chi connectivity index (χ0n) is 20.2. The Morgan fingerprint density at radius 3 is 2.44 bits per heavy atom. The number of nitrogens with one attached hydrogen (secondary N) is 1. The molecule has 1 heterocycles. The summed E-state index contributed by atoms with van der Waals surface area (Å²) in [7, 11) is 1.60. The van der Waals surface area contributed by atoms with Gasteiger partial charge in [-0.2, -0.15) is 0 Å². The first kappa shape index (κ1) is 23.9. The van der Waals surface area contributed by atoms with E-state index in [1.807, 2.05) is 67.6 Å². The smallest absolute Gasteiger partial charge is 0.161 e. The van der Waals surface area contributed by atoms with Crippen molar-refractivity contribution in [3.63, 3.8) is 0 Å². The number of carbonyl (C=O) groups excluding carboxylic acids is 1. The molecular formula is C30H27ClN2O3. The van der Waals surface area contributed by atoms with Crippen molar-refractivity contribution in [2.75, 3.05) is 12.0 Å². The van der Waals surface area contributed by atoms with Crippen LogP contribution in [-0.2, 0) is 4.79 Å². The normalized spacial score (nSPS) is 19.3. The van der Waals surface area contributed by atoms with Crippen LogP contribution in [0.5, 0.6) is 5.75 Å². The van der Waals surface area contributed by atoms with Crippen molar-refractivity contribution in [1.29, 1.82) is 5.41 Å². The minimum atomic E-state index is -0.580. The summed E-state index contributed by atoms with van der Waals surface area (Å²) >= 11 is 6.48. The Kier molecular flexibility index (Phi) is 6.42. The average Bonchev–Trinajstić information content (AvgIpc) is 2.90. The molecule has 182 valence electrons. The molecule has 0 saturated carbocycles. The lowest BCUT2D eigenvalue weighted by Gasteiger charge is -2.42. The van der Waals surface area contributed by atoms with Gasteiger partial charge in [-0.3, -0.25) is 15.1 Å². The topological polar surface area (TPSA) is 73.6 Å². The Labute approximate surface area is 215 Å². The molecule has 0 amide bonds. The first-order valence-corrected chi connectivity index (χ1v) is 12.3. The highest BCUT2D eigenvalue weighted by Gasteiger charge is 2.43. The van der Waals surface area contributed by atoms with Crippen LogP contribution in [-0.4, -0.2) is 23.8 Å². The Morgan fingerprint density at radius 2 is 1.78 bits per heavy atom. The maximum absolute atomic E-state index is 13.5. The highest BCUT2D eigenvalue weighted by Crippen LogP contribution is 2.48. The maximum Gasteiger partial charge on any atom is 0.161 e. The minimum Gasteiger partial charge on any atom is -0.507 e. The van der Waals surface area contributed by atoms with Gasteiger partial charge in [-0.15, -0.1) is 0 Å². The molecule has 2 N–H and O–H groups in total. The van der Waals surface area contributed by atoms with Crippen molar-refractivity contribution < 1.29 is 14.6 Å². The van der Waals surface area contributed by atoms with E-state index in [1.165, 1.54) is 0 Å². The number of aliphatic hydroxyl groups excluding tert-OH is 1. The molecule has 0 radical (unpaired) electrons. The lowest BCUT2D eigenvalue weighted by atomic mass is 9.73. The molecule has 3 aromatic rings. The first-order chi connectivity index (χ1) is 17.4. The molecule has 0 saturated heterocycles. The second-order valence-electron chi connectivity index (χ2n) is 9.09. The Morgan fingerprint density at radius 1 is 1.06 bits per heavy atom. The fourth-order valence-electron chi connectivity index (χ4n) is 5.08. The van der Waals surface area contributed by atoms with Crippen molar-refractivity contribution in [3.05, 3.63) is 111 Å². The summed E-state index contributed by atoms with van der Waals surface area (Å²) in [5.41, 5.74) is 4.84. The number of benzene rings is 3. The van der Waals surface area contributed by atoms with E-state index in [1.54, 1.807) is 24.1 Å². The molecule has 36 heavy (non-hydrogen) atoms. The molecule has 1 atom stereocenters. The summed E-state index contributed by atoms with van der Waals surface area (Å²) in [5.74, 6) is 0.261. The number of hydrogen-bond donors (Lipinski definition) is 2. The predicted octanol–water partition coefficient (Wildman–Crippen LogP) is 7.21. The summed E-state index contributed by atoms with van der Waals surface area (Å²) < 4.78 is 5.34. The van der Waals surface area contributed by atoms with Crippen molar-refractivity contribution in [2.45, 2.75) is 32.1 Å². The van der Waals surface area contributed by atoms with Gasteiger partial charge >= 0.3 is 0 Å². The van der Waals surface area contributed by atoms with E-state index in [9.17, 15) is 15.3 Å². The molecule has 6 heteroatoms. The summed E-state index contributed by atoms with van der Waals surface area (Å²) in [6.45, 7) is 1.93. The summed E-state index contributed by atoms with van der Waals surface area (Å²) in [4.78, 5) is 15.3. The van der Waals surface area contributed by atoms with Crippen LogP contribution < -0.4 is 9.64 Å². The largest absolute Gasteiger partial charge is 0.507 e. The number of allylic oxidation sites excluding steroid dienone is 2. The molecule has 0 fully saturated rings. The average molecular weight is 499 g/mol. The third-order valence-electron chi connectivity index (χ3n) is 6.92. The van der Waals surface area contributed by atoms with Gasteiger partial charge in [0.15, 0.2) is 5.78 Å². The number of hydrogen-bond acceptors (Lipinski definition) is 4. The van der Waals surface area contributed by atoms with Crippen molar-refractivity contribution >= 4 is 34.7 Å². The number of methoxy groups -OCH3 is 1. The molecule has 1 aliphatic heterocycles.